The van der Waals surface area contributed by atoms with Crippen LogP contribution in [0.15, 0.2) is 54.9 Å². The van der Waals surface area contributed by atoms with E-state index in [2.05, 4.69) is 9.88 Å². The molecule has 1 aliphatic rings. The lowest BCUT2D eigenvalue weighted by Gasteiger charge is -2.34. The molecule has 25 heavy (non-hydrogen) atoms. The van der Waals surface area contributed by atoms with E-state index in [4.69, 9.17) is 4.74 Å². The zero-order chi connectivity index (χ0) is 17.5. The summed E-state index contributed by atoms with van der Waals surface area (Å²) in [5.41, 5.74) is 2.25. The summed E-state index contributed by atoms with van der Waals surface area (Å²) in [5, 5.41) is 0. The fourth-order valence-electron chi connectivity index (χ4n) is 2.86. The van der Waals surface area contributed by atoms with Gasteiger partial charge in [-0.05, 0) is 41.5 Å². The molecule has 1 aromatic carbocycles. The predicted molar refractivity (Wildman–Crippen MR) is 98.1 cm³/mol. The number of hydrogen-bond donors (Lipinski definition) is 0. The Morgan fingerprint density at radius 1 is 1.08 bits per heavy atom. The van der Waals surface area contributed by atoms with Crippen molar-refractivity contribution in [2.24, 2.45) is 0 Å². The Labute approximate surface area is 148 Å². The molecule has 0 aliphatic carbocycles. The van der Waals surface area contributed by atoms with Gasteiger partial charge in [0, 0.05) is 51.2 Å². The summed E-state index contributed by atoms with van der Waals surface area (Å²) in [7, 11) is 1.64. The predicted octanol–water partition coefficient (Wildman–Crippen LogP) is 2.45. The number of benzene rings is 1. The third-order valence-corrected chi connectivity index (χ3v) is 4.37. The minimum Gasteiger partial charge on any atom is -0.497 e. The molecule has 0 spiro atoms. The second-order valence-corrected chi connectivity index (χ2v) is 6.06. The van der Waals surface area contributed by atoms with Gasteiger partial charge in [0.1, 0.15) is 5.75 Å². The van der Waals surface area contributed by atoms with Gasteiger partial charge in [-0.25, -0.2) is 0 Å². The van der Waals surface area contributed by atoms with Gasteiger partial charge in [0.25, 0.3) is 0 Å². The fraction of sp³-hybridized carbons (Fsp3) is 0.300. The second kappa shape index (κ2) is 8.44. The van der Waals surface area contributed by atoms with Crippen molar-refractivity contribution >= 4 is 12.0 Å². The molecule has 2 heterocycles. The van der Waals surface area contributed by atoms with Gasteiger partial charge in [-0.3, -0.25) is 14.7 Å². The van der Waals surface area contributed by atoms with Crippen molar-refractivity contribution < 1.29 is 9.53 Å². The zero-order valence-electron chi connectivity index (χ0n) is 14.5. The van der Waals surface area contributed by atoms with Crippen LogP contribution in [0.4, 0.5) is 0 Å². The first-order valence-corrected chi connectivity index (χ1v) is 8.47. The summed E-state index contributed by atoms with van der Waals surface area (Å²) in [6.45, 7) is 4.22. The molecule has 1 saturated heterocycles. The summed E-state index contributed by atoms with van der Waals surface area (Å²) in [6.07, 6.45) is 7.14. The van der Waals surface area contributed by atoms with Crippen LogP contribution in [0.5, 0.6) is 5.75 Å². The Kier molecular flexibility index (Phi) is 5.80. The van der Waals surface area contributed by atoms with Crippen molar-refractivity contribution in [2.75, 3.05) is 33.3 Å². The first-order valence-electron chi connectivity index (χ1n) is 8.47. The Morgan fingerprint density at radius 3 is 2.40 bits per heavy atom. The molecule has 2 aromatic rings. The maximum Gasteiger partial charge on any atom is 0.246 e. The molecule has 0 radical (unpaired) electrons. The average molecular weight is 337 g/mol. The van der Waals surface area contributed by atoms with E-state index >= 15 is 0 Å². The van der Waals surface area contributed by atoms with Gasteiger partial charge in [0.15, 0.2) is 0 Å². The Bertz CT molecular complexity index is 705. The summed E-state index contributed by atoms with van der Waals surface area (Å²) >= 11 is 0. The first kappa shape index (κ1) is 17.2. The number of carbonyl (C=O) groups is 1. The third kappa shape index (κ3) is 4.90. The largest absolute Gasteiger partial charge is 0.497 e. The Balaban J connectivity index is 1.48. The Morgan fingerprint density at radius 2 is 1.76 bits per heavy atom. The molecule has 0 saturated carbocycles. The summed E-state index contributed by atoms with van der Waals surface area (Å²) < 4.78 is 5.14. The van der Waals surface area contributed by atoms with Gasteiger partial charge in [-0.1, -0.05) is 12.1 Å². The van der Waals surface area contributed by atoms with Crippen LogP contribution in [0.2, 0.25) is 0 Å². The van der Waals surface area contributed by atoms with Crippen LogP contribution in [-0.2, 0) is 11.3 Å². The molecule has 3 rings (SSSR count). The lowest BCUT2D eigenvalue weighted by atomic mass is 10.2. The average Bonchev–Trinajstić information content (AvgIpc) is 2.68. The fourth-order valence-corrected chi connectivity index (χ4v) is 2.86. The van der Waals surface area contributed by atoms with E-state index < -0.39 is 0 Å². The highest BCUT2D eigenvalue weighted by molar-refractivity contribution is 5.91. The number of methoxy groups -OCH3 is 1. The topological polar surface area (TPSA) is 45.7 Å². The summed E-state index contributed by atoms with van der Waals surface area (Å²) in [5.74, 6) is 0.883. The standard InChI is InChI=1S/C20H23N3O2/c1-25-19-5-2-17(3-6-19)4-7-20(24)23-14-12-22(13-15-23)16-18-8-10-21-11-9-18/h2-11H,12-16H2,1H3/b7-4+. The van der Waals surface area contributed by atoms with Crippen LogP contribution in [-0.4, -0.2) is 54.0 Å². The lowest BCUT2D eigenvalue weighted by Crippen LogP contribution is -2.47. The van der Waals surface area contributed by atoms with E-state index in [0.29, 0.717) is 0 Å². The van der Waals surface area contributed by atoms with E-state index in [1.807, 2.05) is 59.8 Å². The normalized spacial score (nSPS) is 15.5. The number of piperazine rings is 1. The number of pyridine rings is 1. The van der Waals surface area contributed by atoms with E-state index in [0.717, 1.165) is 44.0 Å². The van der Waals surface area contributed by atoms with E-state index in [1.165, 1.54) is 5.56 Å². The minimum absolute atomic E-state index is 0.0689. The van der Waals surface area contributed by atoms with Gasteiger partial charge in [-0.15, -0.1) is 0 Å². The molecule has 1 amide bonds. The van der Waals surface area contributed by atoms with E-state index in [1.54, 1.807) is 13.2 Å². The smallest absolute Gasteiger partial charge is 0.246 e. The van der Waals surface area contributed by atoms with Crippen LogP contribution in [0.25, 0.3) is 6.08 Å². The zero-order valence-corrected chi connectivity index (χ0v) is 14.5. The van der Waals surface area contributed by atoms with Crippen LogP contribution in [0.3, 0.4) is 0 Å². The summed E-state index contributed by atoms with van der Waals surface area (Å²) in [6, 6.07) is 11.7. The van der Waals surface area contributed by atoms with Crippen molar-refractivity contribution in [1.82, 2.24) is 14.8 Å². The van der Waals surface area contributed by atoms with Crippen LogP contribution in [0, 0.1) is 0 Å². The van der Waals surface area contributed by atoms with Crippen molar-refractivity contribution in [2.45, 2.75) is 6.54 Å². The van der Waals surface area contributed by atoms with Crippen LogP contribution < -0.4 is 4.74 Å². The molecule has 1 fully saturated rings. The van der Waals surface area contributed by atoms with Crippen LogP contribution in [0.1, 0.15) is 11.1 Å². The number of hydrogen-bond acceptors (Lipinski definition) is 4. The highest BCUT2D eigenvalue weighted by atomic mass is 16.5. The number of ether oxygens (including phenoxy) is 1. The molecule has 130 valence electrons. The highest BCUT2D eigenvalue weighted by Crippen LogP contribution is 2.13. The second-order valence-electron chi connectivity index (χ2n) is 6.06. The van der Waals surface area contributed by atoms with Gasteiger partial charge in [0.2, 0.25) is 5.91 Å². The van der Waals surface area contributed by atoms with Crippen molar-refractivity contribution in [3.8, 4) is 5.75 Å². The molecule has 0 N–H and O–H groups in total. The SMILES string of the molecule is COc1ccc(/C=C/C(=O)N2CCN(Cc3ccncc3)CC2)cc1. The monoisotopic (exact) mass is 337 g/mol. The molecule has 5 heteroatoms. The number of carbonyl (C=O) groups excluding carboxylic acids is 1. The molecular formula is C20H23N3O2. The molecule has 1 aliphatic heterocycles. The van der Waals surface area contributed by atoms with Gasteiger partial charge < -0.3 is 9.64 Å². The van der Waals surface area contributed by atoms with Crippen molar-refractivity contribution in [3.05, 3.63) is 66.0 Å². The maximum atomic E-state index is 12.3. The molecule has 0 unspecified atom stereocenters. The van der Waals surface area contributed by atoms with Crippen molar-refractivity contribution in [3.63, 3.8) is 0 Å². The van der Waals surface area contributed by atoms with E-state index in [9.17, 15) is 4.79 Å². The number of nitrogens with zero attached hydrogens (tertiary/aromatic N) is 3. The number of amides is 1. The van der Waals surface area contributed by atoms with Gasteiger partial charge in [0.05, 0.1) is 7.11 Å². The quantitative estimate of drug-likeness (QED) is 0.786. The molecule has 5 nitrogen and oxygen atoms in total. The molecular weight excluding hydrogens is 314 g/mol. The van der Waals surface area contributed by atoms with Gasteiger partial charge >= 0.3 is 0 Å². The third-order valence-electron chi connectivity index (χ3n) is 4.37. The Hall–Kier alpha value is -2.66. The molecule has 0 bridgehead atoms. The lowest BCUT2D eigenvalue weighted by molar-refractivity contribution is -0.127. The van der Waals surface area contributed by atoms with Crippen molar-refractivity contribution in [1.29, 1.82) is 0 Å². The van der Waals surface area contributed by atoms with Crippen LogP contribution >= 0.6 is 0 Å². The highest BCUT2D eigenvalue weighted by Gasteiger charge is 2.19. The number of rotatable bonds is 5. The first-order chi connectivity index (χ1) is 12.2. The van der Waals surface area contributed by atoms with E-state index in [-0.39, 0.29) is 5.91 Å². The maximum absolute atomic E-state index is 12.3. The summed E-state index contributed by atoms with van der Waals surface area (Å²) in [4.78, 5) is 20.7. The van der Waals surface area contributed by atoms with Gasteiger partial charge in [-0.2, -0.15) is 0 Å². The molecule has 1 aromatic heterocycles. The number of aromatic nitrogens is 1. The molecule has 0 atom stereocenters. The minimum atomic E-state index is 0.0689.